The van der Waals surface area contributed by atoms with Crippen molar-refractivity contribution < 1.29 is 9.59 Å². The minimum absolute atomic E-state index is 0.100. The lowest BCUT2D eigenvalue weighted by atomic mass is 9.95. The Balaban J connectivity index is 1.71. The Morgan fingerprint density at radius 2 is 1.68 bits per heavy atom. The molecule has 7 heteroatoms. The maximum Gasteiger partial charge on any atom is 0.242 e. The molecule has 184 valence electrons. The van der Waals surface area contributed by atoms with E-state index in [0.717, 1.165) is 31.4 Å². The van der Waals surface area contributed by atoms with Crippen LogP contribution in [0.2, 0.25) is 10.0 Å². The summed E-state index contributed by atoms with van der Waals surface area (Å²) < 4.78 is 0. The normalized spacial score (nSPS) is 15.1. The molecule has 2 aromatic carbocycles. The Morgan fingerprint density at radius 1 is 1.06 bits per heavy atom. The maximum atomic E-state index is 13.4. The molecule has 1 aliphatic rings. The second kappa shape index (κ2) is 12.9. The van der Waals surface area contributed by atoms with Gasteiger partial charge in [0.2, 0.25) is 11.8 Å². The summed E-state index contributed by atoms with van der Waals surface area (Å²) in [5.74, 6) is 0.785. The molecule has 1 saturated carbocycles. The molecule has 0 radical (unpaired) electrons. The molecule has 1 N–H and O–H groups in total. The van der Waals surface area contributed by atoms with E-state index in [0.29, 0.717) is 15.6 Å². The number of nitrogens with one attached hydrogen (secondary N) is 1. The van der Waals surface area contributed by atoms with E-state index in [1.807, 2.05) is 0 Å². The summed E-state index contributed by atoms with van der Waals surface area (Å²) in [6.45, 7) is 6.14. The zero-order valence-corrected chi connectivity index (χ0v) is 22.5. The van der Waals surface area contributed by atoms with E-state index in [9.17, 15) is 9.59 Å². The Morgan fingerprint density at radius 3 is 2.29 bits per heavy atom. The van der Waals surface area contributed by atoms with Crippen LogP contribution in [-0.4, -0.2) is 34.6 Å². The molecular formula is C27H34Cl2N2O2S. The fourth-order valence-electron chi connectivity index (χ4n) is 4.50. The van der Waals surface area contributed by atoms with E-state index in [-0.39, 0.29) is 30.2 Å². The average molecular weight is 522 g/mol. The van der Waals surface area contributed by atoms with Crippen LogP contribution in [-0.2, 0) is 21.9 Å². The van der Waals surface area contributed by atoms with Crippen molar-refractivity contribution in [1.82, 2.24) is 10.2 Å². The van der Waals surface area contributed by atoms with E-state index in [1.165, 1.54) is 23.1 Å². The zero-order valence-electron chi connectivity index (χ0n) is 20.2. The van der Waals surface area contributed by atoms with Crippen molar-refractivity contribution in [3.63, 3.8) is 0 Å². The zero-order chi connectivity index (χ0) is 24.7. The number of benzene rings is 2. The van der Waals surface area contributed by atoms with Crippen LogP contribution in [0.25, 0.3) is 0 Å². The summed E-state index contributed by atoms with van der Waals surface area (Å²) in [6, 6.07) is 11.3. The molecule has 0 saturated heterocycles. The summed E-state index contributed by atoms with van der Waals surface area (Å²) in [5.41, 5.74) is 4.28. The monoisotopic (exact) mass is 520 g/mol. The van der Waals surface area contributed by atoms with Gasteiger partial charge in [-0.1, -0.05) is 77.9 Å². The number of halogens is 2. The van der Waals surface area contributed by atoms with Gasteiger partial charge in [-0.05, 0) is 51.3 Å². The Labute approximate surface area is 217 Å². The third-order valence-corrected chi connectivity index (χ3v) is 7.98. The van der Waals surface area contributed by atoms with E-state index in [2.05, 4.69) is 37.4 Å². The van der Waals surface area contributed by atoms with Crippen molar-refractivity contribution in [1.29, 1.82) is 0 Å². The molecule has 1 fully saturated rings. The molecule has 2 amide bonds. The van der Waals surface area contributed by atoms with Gasteiger partial charge in [-0.25, -0.2) is 0 Å². The van der Waals surface area contributed by atoms with Gasteiger partial charge < -0.3 is 10.2 Å². The number of rotatable bonds is 9. The Kier molecular flexibility index (Phi) is 10.2. The van der Waals surface area contributed by atoms with Crippen LogP contribution in [0.4, 0.5) is 0 Å². The van der Waals surface area contributed by atoms with Crippen LogP contribution in [0.15, 0.2) is 36.4 Å². The van der Waals surface area contributed by atoms with Crippen LogP contribution in [0, 0.1) is 13.8 Å². The van der Waals surface area contributed by atoms with Gasteiger partial charge in [-0.2, -0.15) is 0 Å². The highest BCUT2D eigenvalue weighted by atomic mass is 35.5. The number of nitrogens with zero attached hydrogens (tertiary/aromatic N) is 1. The third kappa shape index (κ3) is 7.66. The second-order valence-corrected chi connectivity index (χ2v) is 11.0. The van der Waals surface area contributed by atoms with Crippen molar-refractivity contribution in [3.05, 3.63) is 68.7 Å². The first kappa shape index (κ1) is 26.9. The highest BCUT2D eigenvalue weighted by molar-refractivity contribution is 7.99. The lowest BCUT2D eigenvalue weighted by Crippen LogP contribution is -2.50. The van der Waals surface area contributed by atoms with E-state index in [4.69, 9.17) is 23.2 Å². The number of hydrogen-bond acceptors (Lipinski definition) is 3. The first-order valence-corrected chi connectivity index (χ1v) is 13.8. The van der Waals surface area contributed by atoms with Gasteiger partial charge in [0.1, 0.15) is 6.04 Å². The van der Waals surface area contributed by atoms with Crippen LogP contribution >= 0.6 is 35.0 Å². The van der Waals surface area contributed by atoms with Gasteiger partial charge in [-0.3, -0.25) is 9.59 Å². The summed E-state index contributed by atoms with van der Waals surface area (Å²) in [5, 5.41) is 4.14. The highest BCUT2D eigenvalue weighted by Crippen LogP contribution is 2.27. The predicted octanol–water partition coefficient (Wildman–Crippen LogP) is 6.71. The smallest absolute Gasteiger partial charge is 0.242 e. The number of amides is 2. The van der Waals surface area contributed by atoms with Crippen molar-refractivity contribution in [2.24, 2.45) is 0 Å². The molecule has 0 aliphatic heterocycles. The van der Waals surface area contributed by atoms with Crippen molar-refractivity contribution >= 4 is 46.8 Å². The molecule has 0 aromatic heterocycles. The van der Waals surface area contributed by atoms with Gasteiger partial charge in [0.05, 0.1) is 5.75 Å². The quantitative estimate of drug-likeness (QED) is 0.399. The highest BCUT2D eigenvalue weighted by Gasteiger charge is 2.29. The fraction of sp³-hybridized carbons (Fsp3) is 0.481. The molecule has 1 unspecified atom stereocenters. The molecule has 1 aliphatic carbocycles. The Bertz CT molecular complexity index is 968. The van der Waals surface area contributed by atoms with Crippen molar-refractivity contribution in [3.8, 4) is 0 Å². The molecule has 34 heavy (non-hydrogen) atoms. The molecule has 4 nitrogen and oxygen atoms in total. The molecule has 2 aromatic rings. The molecule has 0 spiro atoms. The van der Waals surface area contributed by atoms with Gasteiger partial charge in [0, 0.05) is 33.9 Å². The summed E-state index contributed by atoms with van der Waals surface area (Å²) in [4.78, 5) is 28.1. The van der Waals surface area contributed by atoms with Crippen molar-refractivity contribution in [2.75, 3.05) is 5.75 Å². The van der Waals surface area contributed by atoms with Gasteiger partial charge in [-0.15, -0.1) is 11.8 Å². The van der Waals surface area contributed by atoms with E-state index >= 15 is 0 Å². The number of thioether (sulfide) groups is 1. The Hall–Kier alpha value is -1.69. The van der Waals surface area contributed by atoms with E-state index in [1.54, 1.807) is 41.8 Å². The molecule has 1 atom stereocenters. The van der Waals surface area contributed by atoms with Crippen LogP contribution in [0.3, 0.4) is 0 Å². The third-order valence-electron chi connectivity index (χ3n) is 6.28. The summed E-state index contributed by atoms with van der Waals surface area (Å²) in [6.07, 6.45) is 5.47. The lowest BCUT2D eigenvalue weighted by Gasteiger charge is -2.31. The summed E-state index contributed by atoms with van der Waals surface area (Å²) >= 11 is 14.4. The van der Waals surface area contributed by atoms with Crippen molar-refractivity contribution in [2.45, 2.75) is 77.3 Å². The number of aryl methyl sites for hydroxylation is 2. The number of carbonyl (C=O) groups is 2. The second-order valence-electron chi connectivity index (χ2n) is 9.23. The van der Waals surface area contributed by atoms with E-state index < -0.39 is 6.04 Å². The molecular weight excluding hydrogens is 487 g/mol. The lowest BCUT2D eigenvalue weighted by molar-refractivity contribution is -0.139. The average Bonchev–Trinajstić information content (AvgIpc) is 2.78. The standard InChI is InChI=1S/C27H34Cl2N2O2S/c1-18-12-19(2)14-21(13-18)16-34-17-26(32)31(15-23-24(28)10-7-11-25(23)29)20(3)27(33)30-22-8-5-4-6-9-22/h7,10-14,20,22H,4-6,8-9,15-17H2,1-3H3,(H,30,33). The fourth-order valence-corrected chi connectivity index (χ4v) is 5.86. The molecule has 3 rings (SSSR count). The van der Waals surface area contributed by atoms with Gasteiger partial charge in [0.25, 0.3) is 0 Å². The van der Waals surface area contributed by atoms with Gasteiger partial charge in [0.15, 0.2) is 0 Å². The van der Waals surface area contributed by atoms with Crippen LogP contribution in [0.5, 0.6) is 0 Å². The first-order valence-electron chi connectivity index (χ1n) is 11.9. The molecule has 0 bridgehead atoms. The summed E-state index contributed by atoms with van der Waals surface area (Å²) in [7, 11) is 0. The minimum Gasteiger partial charge on any atom is -0.352 e. The largest absolute Gasteiger partial charge is 0.352 e. The first-order chi connectivity index (χ1) is 16.2. The SMILES string of the molecule is Cc1cc(C)cc(CSCC(=O)N(Cc2c(Cl)cccc2Cl)C(C)C(=O)NC2CCCCC2)c1. The maximum absolute atomic E-state index is 13.4. The van der Waals surface area contributed by atoms with Crippen LogP contribution in [0.1, 0.15) is 61.3 Å². The van der Waals surface area contributed by atoms with Crippen LogP contribution < -0.4 is 5.32 Å². The predicted molar refractivity (Wildman–Crippen MR) is 144 cm³/mol. The topological polar surface area (TPSA) is 49.4 Å². The minimum atomic E-state index is -0.622. The number of hydrogen-bond donors (Lipinski definition) is 1. The molecule has 0 heterocycles. The number of carbonyl (C=O) groups excluding carboxylic acids is 2. The van der Waals surface area contributed by atoms with Gasteiger partial charge >= 0.3 is 0 Å².